The normalized spacial score (nSPS) is 10.5. The van der Waals surface area contributed by atoms with Crippen molar-refractivity contribution in [2.45, 2.75) is 46.0 Å². The van der Waals surface area contributed by atoms with Gasteiger partial charge in [-0.3, -0.25) is 15.6 Å². The summed E-state index contributed by atoms with van der Waals surface area (Å²) in [6.45, 7) is 5.92. The van der Waals surface area contributed by atoms with Gasteiger partial charge in [-0.25, -0.2) is 14.4 Å². The van der Waals surface area contributed by atoms with Gasteiger partial charge in [-0.1, -0.05) is 60.7 Å². The van der Waals surface area contributed by atoms with Crippen LogP contribution in [0.1, 0.15) is 38.3 Å². The molecule has 0 saturated carbocycles. The fourth-order valence-electron chi connectivity index (χ4n) is 2.60. The van der Waals surface area contributed by atoms with Crippen LogP contribution in [-0.2, 0) is 27.4 Å². The van der Waals surface area contributed by atoms with E-state index in [9.17, 15) is 14.4 Å². The van der Waals surface area contributed by atoms with Crippen molar-refractivity contribution < 1.29 is 28.6 Å². The maximum Gasteiger partial charge on any atom is 0.414 e. The third-order valence-corrected chi connectivity index (χ3v) is 4.14. The molecule has 0 fully saturated rings. The van der Waals surface area contributed by atoms with Gasteiger partial charge < -0.3 is 19.5 Å². The molecular formula is C25H32N4O6. The van der Waals surface area contributed by atoms with Crippen molar-refractivity contribution in [3.05, 3.63) is 71.8 Å². The summed E-state index contributed by atoms with van der Waals surface area (Å²) < 4.78 is 15.5. The first-order valence-electron chi connectivity index (χ1n) is 11.2. The van der Waals surface area contributed by atoms with E-state index in [0.717, 1.165) is 11.1 Å². The molecule has 0 bridgehead atoms. The number of benzene rings is 2. The van der Waals surface area contributed by atoms with Gasteiger partial charge in [0, 0.05) is 13.1 Å². The summed E-state index contributed by atoms with van der Waals surface area (Å²) in [7, 11) is 0. The van der Waals surface area contributed by atoms with Gasteiger partial charge >= 0.3 is 18.3 Å². The van der Waals surface area contributed by atoms with Crippen LogP contribution in [-0.4, -0.2) is 42.9 Å². The highest BCUT2D eigenvalue weighted by molar-refractivity contribution is 6.01. The molecule has 0 aliphatic carbocycles. The molecule has 3 N–H and O–H groups in total. The van der Waals surface area contributed by atoms with Crippen LogP contribution in [0.25, 0.3) is 0 Å². The summed E-state index contributed by atoms with van der Waals surface area (Å²) in [4.78, 5) is 40.3. The highest BCUT2D eigenvalue weighted by Crippen LogP contribution is 2.06. The number of amides is 3. The predicted molar refractivity (Wildman–Crippen MR) is 131 cm³/mol. The molecule has 2 aromatic rings. The lowest BCUT2D eigenvalue weighted by Crippen LogP contribution is -2.44. The summed E-state index contributed by atoms with van der Waals surface area (Å²) in [5.41, 5.74) is 1.03. The van der Waals surface area contributed by atoms with Crippen molar-refractivity contribution in [2.24, 2.45) is 4.99 Å². The molecule has 0 aromatic heterocycles. The number of carbonyl (C=O) groups is 3. The average molecular weight is 485 g/mol. The van der Waals surface area contributed by atoms with Crippen molar-refractivity contribution >= 4 is 24.2 Å². The fourth-order valence-corrected chi connectivity index (χ4v) is 2.60. The maximum atomic E-state index is 12.2. The molecule has 0 saturated heterocycles. The molecule has 0 heterocycles. The molecule has 2 aromatic carbocycles. The Morgan fingerprint density at radius 1 is 0.771 bits per heavy atom. The van der Waals surface area contributed by atoms with E-state index in [0.29, 0.717) is 13.0 Å². The van der Waals surface area contributed by atoms with E-state index in [-0.39, 0.29) is 25.7 Å². The molecule has 0 spiro atoms. The second kappa shape index (κ2) is 14.2. The Kier molecular flexibility index (Phi) is 11.1. The summed E-state index contributed by atoms with van der Waals surface area (Å²) in [5, 5.41) is 7.44. The molecule has 0 aliphatic rings. The highest BCUT2D eigenvalue weighted by Gasteiger charge is 2.15. The minimum Gasteiger partial charge on any atom is -0.444 e. The second-order valence-corrected chi connectivity index (χ2v) is 8.39. The maximum absolute atomic E-state index is 12.2. The Balaban J connectivity index is 1.86. The number of carbonyl (C=O) groups excluding carboxylic acids is 3. The van der Waals surface area contributed by atoms with Crippen LogP contribution in [0, 0.1) is 0 Å². The molecular weight excluding hydrogens is 452 g/mol. The monoisotopic (exact) mass is 484 g/mol. The molecule has 0 radical (unpaired) electrons. The van der Waals surface area contributed by atoms with Crippen LogP contribution >= 0.6 is 0 Å². The van der Waals surface area contributed by atoms with E-state index in [1.54, 1.807) is 20.8 Å². The number of guanidine groups is 1. The Hall–Kier alpha value is -4.08. The zero-order chi connectivity index (χ0) is 25.5. The number of rotatable bonds is 8. The van der Waals surface area contributed by atoms with Gasteiger partial charge in [0.25, 0.3) is 0 Å². The molecule has 10 nitrogen and oxygen atoms in total. The third kappa shape index (κ3) is 12.7. The number of alkyl carbamates (subject to hydrolysis) is 3. The van der Waals surface area contributed by atoms with Gasteiger partial charge in [-0.2, -0.15) is 0 Å². The van der Waals surface area contributed by atoms with Crippen LogP contribution in [0.3, 0.4) is 0 Å². The van der Waals surface area contributed by atoms with E-state index in [4.69, 9.17) is 14.2 Å². The number of ether oxygens (including phenoxy) is 3. The van der Waals surface area contributed by atoms with Gasteiger partial charge in [0.15, 0.2) is 0 Å². The predicted octanol–water partition coefficient (Wildman–Crippen LogP) is 4.11. The summed E-state index contributed by atoms with van der Waals surface area (Å²) in [6, 6.07) is 18.3. The van der Waals surface area contributed by atoms with Crippen LogP contribution in [0.2, 0.25) is 0 Å². The standard InChI is InChI=1S/C25H32N4O6/c1-25(2,3)35-22(30)27-16-10-15-26-21(28-23(31)33-17-19-11-6-4-7-12-19)29-24(32)34-18-20-13-8-5-9-14-20/h4-9,11-14H,10,15-18H2,1-3H3,(H,27,30)(H2,26,28,29,31,32). The van der Waals surface area contributed by atoms with Crippen molar-refractivity contribution in [3.8, 4) is 0 Å². The summed E-state index contributed by atoms with van der Waals surface area (Å²) in [6.07, 6.45) is -1.68. The zero-order valence-electron chi connectivity index (χ0n) is 20.2. The van der Waals surface area contributed by atoms with Gasteiger partial charge in [-0.05, 0) is 38.3 Å². The first-order valence-corrected chi connectivity index (χ1v) is 11.2. The minimum atomic E-state index is -0.789. The lowest BCUT2D eigenvalue weighted by molar-refractivity contribution is 0.0527. The molecule has 2 rings (SSSR count). The Morgan fingerprint density at radius 2 is 1.26 bits per heavy atom. The van der Waals surface area contributed by atoms with Crippen molar-refractivity contribution in [1.29, 1.82) is 0 Å². The fraction of sp³-hybridized carbons (Fsp3) is 0.360. The molecule has 188 valence electrons. The van der Waals surface area contributed by atoms with Crippen LogP contribution < -0.4 is 16.0 Å². The topological polar surface area (TPSA) is 127 Å². The Labute approximate surface area is 205 Å². The SMILES string of the molecule is CC(C)(C)OC(=O)NCCCN=C(NC(=O)OCc1ccccc1)NC(=O)OCc1ccccc1. The number of hydrogen-bond acceptors (Lipinski definition) is 7. The van der Waals surface area contributed by atoms with Gasteiger partial charge in [0.1, 0.15) is 18.8 Å². The average Bonchev–Trinajstić information content (AvgIpc) is 2.81. The van der Waals surface area contributed by atoms with Crippen LogP contribution in [0.15, 0.2) is 65.7 Å². The molecule has 0 atom stereocenters. The summed E-state index contributed by atoms with van der Waals surface area (Å²) >= 11 is 0. The van der Waals surface area contributed by atoms with Gasteiger partial charge in [0.2, 0.25) is 5.96 Å². The van der Waals surface area contributed by atoms with Gasteiger partial charge in [0.05, 0.1) is 0 Å². The molecule has 35 heavy (non-hydrogen) atoms. The van der Waals surface area contributed by atoms with Crippen LogP contribution in [0.4, 0.5) is 14.4 Å². The van der Waals surface area contributed by atoms with Gasteiger partial charge in [-0.15, -0.1) is 0 Å². The molecule has 10 heteroatoms. The number of nitrogens with zero attached hydrogens (tertiary/aromatic N) is 1. The Bertz CT molecular complexity index is 915. The molecule has 0 aliphatic heterocycles. The van der Waals surface area contributed by atoms with Crippen LogP contribution in [0.5, 0.6) is 0 Å². The quantitative estimate of drug-likeness (QED) is 0.224. The van der Waals surface area contributed by atoms with Crippen molar-refractivity contribution in [2.75, 3.05) is 13.1 Å². The van der Waals surface area contributed by atoms with E-state index in [2.05, 4.69) is 20.9 Å². The highest BCUT2D eigenvalue weighted by atomic mass is 16.6. The van der Waals surface area contributed by atoms with E-state index < -0.39 is 23.9 Å². The van der Waals surface area contributed by atoms with Crippen molar-refractivity contribution in [3.63, 3.8) is 0 Å². The second-order valence-electron chi connectivity index (χ2n) is 8.39. The molecule has 3 amide bonds. The smallest absolute Gasteiger partial charge is 0.414 e. The lowest BCUT2D eigenvalue weighted by Gasteiger charge is -2.19. The number of aliphatic imine (C=N–C) groups is 1. The minimum absolute atomic E-state index is 0.0538. The van der Waals surface area contributed by atoms with E-state index in [1.165, 1.54) is 0 Å². The first-order chi connectivity index (χ1) is 16.7. The largest absolute Gasteiger partial charge is 0.444 e. The summed E-state index contributed by atoms with van der Waals surface area (Å²) in [5.74, 6) is -0.126. The van der Waals surface area contributed by atoms with E-state index >= 15 is 0 Å². The number of nitrogens with one attached hydrogen (secondary N) is 3. The molecule has 0 unspecified atom stereocenters. The first kappa shape index (κ1) is 27.2. The Morgan fingerprint density at radius 3 is 1.71 bits per heavy atom. The van der Waals surface area contributed by atoms with E-state index in [1.807, 2.05) is 60.7 Å². The number of hydrogen-bond donors (Lipinski definition) is 3. The van der Waals surface area contributed by atoms with Crippen molar-refractivity contribution in [1.82, 2.24) is 16.0 Å². The zero-order valence-corrected chi connectivity index (χ0v) is 20.2. The lowest BCUT2D eigenvalue weighted by atomic mass is 10.2. The third-order valence-electron chi connectivity index (χ3n) is 4.14.